The van der Waals surface area contributed by atoms with E-state index in [4.69, 9.17) is 14.7 Å². The number of rotatable bonds is 9. The lowest BCUT2D eigenvalue weighted by molar-refractivity contribution is 0.0729. The molecule has 2 aliphatic carbocycles. The predicted octanol–water partition coefficient (Wildman–Crippen LogP) is 8.24. The summed E-state index contributed by atoms with van der Waals surface area (Å²) in [5, 5.41) is 8.79. The van der Waals surface area contributed by atoms with Crippen LogP contribution >= 0.6 is 0 Å². The molecule has 0 saturated heterocycles. The second-order valence-electron chi connectivity index (χ2n) is 10.8. The average Bonchev–Trinajstić information content (AvgIpc) is 2.91. The SMILES string of the molecule is CCCCC1CCC(C2CCC(COc3ccc(C(=O)Oc4ccc(C#N)c(F)c4)c(F)c3)CC2)CC1. The summed E-state index contributed by atoms with van der Waals surface area (Å²) >= 11 is 0. The standard InChI is InChI=1S/C31H37F2NO3/c1-2-3-4-21-5-9-23(10-6-21)24-11-7-22(8-12-24)20-36-26-15-16-28(30(33)17-26)31(35)37-27-14-13-25(19-34)29(32)18-27/h13-18,21-24H,2-12,20H2,1H3. The molecule has 0 bridgehead atoms. The Bertz CT molecular complexity index is 1100. The largest absolute Gasteiger partial charge is 0.493 e. The van der Waals surface area contributed by atoms with Crippen molar-refractivity contribution < 1.29 is 23.0 Å². The van der Waals surface area contributed by atoms with Crippen molar-refractivity contribution in [3.63, 3.8) is 0 Å². The van der Waals surface area contributed by atoms with Crippen LogP contribution in [0.1, 0.15) is 93.5 Å². The highest BCUT2D eigenvalue weighted by molar-refractivity contribution is 5.91. The first kappa shape index (κ1) is 27.1. The van der Waals surface area contributed by atoms with Gasteiger partial charge in [-0.15, -0.1) is 0 Å². The molecule has 6 heteroatoms. The lowest BCUT2D eigenvalue weighted by Crippen LogP contribution is -2.27. The normalized spacial score (nSPS) is 23.7. The van der Waals surface area contributed by atoms with Crippen LogP contribution in [0.5, 0.6) is 11.5 Å². The Labute approximate surface area is 219 Å². The van der Waals surface area contributed by atoms with E-state index in [1.165, 1.54) is 82.1 Å². The highest BCUT2D eigenvalue weighted by atomic mass is 19.1. The summed E-state index contributed by atoms with van der Waals surface area (Å²) in [5.74, 6) is 0.941. The summed E-state index contributed by atoms with van der Waals surface area (Å²) in [7, 11) is 0. The molecule has 0 radical (unpaired) electrons. The van der Waals surface area contributed by atoms with Gasteiger partial charge in [0, 0.05) is 12.1 Å². The molecule has 0 aliphatic heterocycles. The van der Waals surface area contributed by atoms with Gasteiger partial charge < -0.3 is 9.47 Å². The average molecular weight is 510 g/mol. The van der Waals surface area contributed by atoms with Gasteiger partial charge >= 0.3 is 5.97 Å². The van der Waals surface area contributed by atoms with Crippen LogP contribution in [0.3, 0.4) is 0 Å². The van der Waals surface area contributed by atoms with Gasteiger partial charge in [0.15, 0.2) is 0 Å². The molecule has 2 aliphatic rings. The van der Waals surface area contributed by atoms with Crippen LogP contribution in [0.4, 0.5) is 8.78 Å². The Morgan fingerprint density at radius 2 is 1.51 bits per heavy atom. The van der Waals surface area contributed by atoms with Crippen molar-refractivity contribution in [2.24, 2.45) is 23.7 Å². The molecule has 0 N–H and O–H groups in total. The van der Waals surface area contributed by atoms with E-state index in [0.29, 0.717) is 18.3 Å². The Hall–Kier alpha value is -2.94. The van der Waals surface area contributed by atoms with E-state index in [0.717, 1.165) is 36.7 Å². The van der Waals surface area contributed by atoms with Crippen LogP contribution in [0.2, 0.25) is 0 Å². The smallest absolute Gasteiger partial charge is 0.346 e. The van der Waals surface area contributed by atoms with Gasteiger partial charge in [0.25, 0.3) is 0 Å². The van der Waals surface area contributed by atoms with Crippen LogP contribution in [0.15, 0.2) is 36.4 Å². The molecule has 2 aromatic rings. The molecule has 4 rings (SSSR count). The van der Waals surface area contributed by atoms with Crippen LogP contribution in [0, 0.1) is 46.6 Å². The van der Waals surface area contributed by atoms with Crippen molar-refractivity contribution in [2.45, 2.75) is 77.6 Å². The summed E-state index contributed by atoms with van der Waals surface area (Å²) in [6.45, 7) is 2.82. The first-order valence-corrected chi connectivity index (χ1v) is 13.8. The Morgan fingerprint density at radius 1 is 0.892 bits per heavy atom. The molecule has 0 spiro atoms. The zero-order valence-corrected chi connectivity index (χ0v) is 21.7. The molecule has 0 unspecified atom stereocenters. The molecule has 2 fully saturated rings. The second kappa shape index (κ2) is 13.0. The molecule has 4 nitrogen and oxygen atoms in total. The summed E-state index contributed by atoms with van der Waals surface area (Å²) < 4.78 is 39.3. The lowest BCUT2D eigenvalue weighted by atomic mass is 9.69. The number of halogens is 2. The molecule has 0 heterocycles. The number of benzene rings is 2. The molecular formula is C31H37F2NO3. The Balaban J connectivity index is 1.21. The maximum atomic E-state index is 14.6. The van der Waals surface area contributed by atoms with Crippen molar-refractivity contribution >= 4 is 5.97 Å². The van der Waals surface area contributed by atoms with Crippen molar-refractivity contribution in [3.8, 4) is 17.6 Å². The zero-order chi connectivity index (χ0) is 26.2. The fourth-order valence-corrected chi connectivity index (χ4v) is 6.04. The fourth-order valence-electron chi connectivity index (χ4n) is 6.04. The quantitative estimate of drug-likeness (QED) is 0.252. The zero-order valence-electron chi connectivity index (χ0n) is 21.7. The number of nitrogens with zero attached hydrogens (tertiary/aromatic N) is 1. The minimum atomic E-state index is -0.939. The minimum Gasteiger partial charge on any atom is -0.493 e. The number of ether oxygens (including phenoxy) is 2. The third kappa shape index (κ3) is 7.31. The van der Waals surface area contributed by atoms with E-state index in [1.807, 2.05) is 0 Å². The van der Waals surface area contributed by atoms with Crippen LogP contribution < -0.4 is 9.47 Å². The van der Waals surface area contributed by atoms with Crippen LogP contribution in [0.25, 0.3) is 0 Å². The van der Waals surface area contributed by atoms with E-state index in [1.54, 1.807) is 12.1 Å². The summed E-state index contributed by atoms with van der Waals surface area (Å²) in [4.78, 5) is 12.4. The van der Waals surface area contributed by atoms with E-state index in [-0.39, 0.29) is 16.9 Å². The van der Waals surface area contributed by atoms with Crippen LogP contribution in [-0.4, -0.2) is 12.6 Å². The van der Waals surface area contributed by atoms with Gasteiger partial charge in [-0.3, -0.25) is 0 Å². The first-order valence-electron chi connectivity index (χ1n) is 13.8. The fraction of sp³-hybridized carbons (Fsp3) is 0.548. The first-order chi connectivity index (χ1) is 18.0. The summed E-state index contributed by atoms with van der Waals surface area (Å²) in [6, 6.07) is 9.19. The summed E-state index contributed by atoms with van der Waals surface area (Å²) in [6.07, 6.45) is 14.5. The maximum absolute atomic E-state index is 14.6. The van der Waals surface area contributed by atoms with E-state index < -0.39 is 17.6 Å². The molecule has 37 heavy (non-hydrogen) atoms. The molecule has 2 saturated carbocycles. The number of hydrogen-bond acceptors (Lipinski definition) is 4. The highest BCUT2D eigenvalue weighted by Gasteiger charge is 2.31. The van der Waals surface area contributed by atoms with Crippen molar-refractivity contribution in [1.82, 2.24) is 0 Å². The maximum Gasteiger partial charge on any atom is 0.346 e. The van der Waals surface area contributed by atoms with Gasteiger partial charge in [-0.25, -0.2) is 13.6 Å². The van der Waals surface area contributed by atoms with Gasteiger partial charge in [-0.1, -0.05) is 39.0 Å². The monoisotopic (exact) mass is 509 g/mol. The molecule has 0 amide bonds. The van der Waals surface area contributed by atoms with Crippen molar-refractivity contribution in [1.29, 1.82) is 5.26 Å². The molecule has 0 aromatic heterocycles. The van der Waals surface area contributed by atoms with E-state index in [2.05, 4.69) is 6.92 Å². The van der Waals surface area contributed by atoms with E-state index in [9.17, 15) is 13.6 Å². The summed E-state index contributed by atoms with van der Waals surface area (Å²) in [5.41, 5.74) is -0.423. The highest BCUT2D eigenvalue weighted by Crippen LogP contribution is 2.42. The molecule has 198 valence electrons. The Kier molecular flexibility index (Phi) is 9.55. The third-order valence-electron chi connectivity index (χ3n) is 8.33. The number of carbonyl (C=O) groups excluding carboxylic acids is 1. The lowest BCUT2D eigenvalue weighted by Gasteiger charge is -2.37. The van der Waals surface area contributed by atoms with E-state index >= 15 is 0 Å². The van der Waals surface area contributed by atoms with Crippen molar-refractivity contribution in [2.75, 3.05) is 6.61 Å². The van der Waals surface area contributed by atoms with Gasteiger partial charge in [0.1, 0.15) is 29.2 Å². The number of unbranched alkanes of at least 4 members (excludes halogenated alkanes) is 1. The number of nitriles is 1. The van der Waals surface area contributed by atoms with Crippen molar-refractivity contribution in [3.05, 3.63) is 59.2 Å². The second-order valence-corrected chi connectivity index (χ2v) is 10.8. The van der Waals surface area contributed by atoms with Gasteiger partial charge in [0.05, 0.1) is 17.7 Å². The topological polar surface area (TPSA) is 59.3 Å². The number of hydrogen-bond donors (Lipinski definition) is 0. The molecule has 2 aromatic carbocycles. The van der Waals surface area contributed by atoms with Gasteiger partial charge in [-0.05, 0) is 86.5 Å². The van der Waals surface area contributed by atoms with Gasteiger partial charge in [0.2, 0.25) is 0 Å². The predicted molar refractivity (Wildman–Crippen MR) is 138 cm³/mol. The molecule has 0 atom stereocenters. The van der Waals surface area contributed by atoms with Gasteiger partial charge in [-0.2, -0.15) is 5.26 Å². The Morgan fingerprint density at radius 3 is 2.11 bits per heavy atom. The number of esters is 1. The van der Waals surface area contributed by atoms with Crippen LogP contribution in [-0.2, 0) is 0 Å². The number of carbonyl (C=O) groups is 1. The third-order valence-corrected chi connectivity index (χ3v) is 8.33. The minimum absolute atomic E-state index is 0.0960. The molecular weight excluding hydrogens is 472 g/mol.